The Labute approximate surface area is 125 Å². The topological polar surface area (TPSA) is 123 Å². The Kier molecular flexibility index (Phi) is 3.79. The average Bonchev–Trinajstić information content (AvgIpc) is 3.08. The summed E-state index contributed by atoms with van der Waals surface area (Å²) in [4.78, 5) is 12.6. The Morgan fingerprint density at radius 1 is 1.41 bits per heavy atom. The van der Waals surface area contributed by atoms with Crippen LogP contribution in [0.4, 0.5) is 0 Å². The van der Waals surface area contributed by atoms with E-state index < -0.39 is 31.1 Å². The van der Waals surface area contributed by atoms with Gasteiger partial charge in [-0.2, -0.15) is 4.98 Å². The van der Waals surface area contributed by atoms with Crippen LogP contribution < -0.4 is 4.74 Å². The van der Waals surface area contributed by atoms with Crippen LogP contribution in [0.1, 0.15) is 12.1 Å². The van der Waals surface area contributed by atoms with Gasteiger partial charge in [-0.3, -0.25) is 4.57 Å². The number of nitrogens with zero attached hydrogens (tertiary/aromatic N) is 4. The Morgan fingerprint density at radius 3 is 2.77 bits per heavy atom. The Bertz CT molecular complexity index is 703. The van der Waals surface area contributed by atoms with Crippen molar-refractivity contribution in [2.24, 2.45) is 0 Å². The van der Waals surface area contributed by atoms with Crippen LogP contribution in [0.25, 0.3) is 17.2 Å². The third-order valence-electron chi connectivity index (χ3n) is 3.57. The van der Waals surface area contributed by atoms with Crippen molar-refractivity contribution in [2.45, 2.75) is 24.5 Å². The van der Waals surface area contributed by atoms with Gasteiger partial charge in [-0.15, -0.1) is 0 Å². The zero-order valence-electron chi connectivity index (χ0n) is 11.8. The highest BCUT2D eigenvalue weighted by Gasteiger charge is 2.44. The lowest BCUT2D eigenvalue weighted by molar-refractivity contribution is -0.0511. The maximum Gasteiger partial charge on any atom is 0.245 e. The molecule has 1 fully saturated rings. The molecule has 0 spiro atoms. The number of aliphatic hydroxyl groups excluding tert-OH is 3. The Balaban J connectivity index is 2.10. The number of hydrogen-bond donors (Lipinski definition) is 3. The number of aromatic nitrogens is 4. The highest BCUT2D eigenvalue weighted by molar-refractivity contribution is 5.77. The van der Waals surface area contributed by atoms with Gasteiger partial charge in [-0.1, -0.05) is 6.58 Å². The molecule has 0 saturated carbocycles. The first-order valence-corrected chi connectivity index (χ1v) is 6.64. The molecule has 9 nitrogen and oxygen atoms in total. The van der Waals surface area contributed by atoms with Crippen LogP contribution in [0.2, 0.25) is 0 Å². The number of fused-ring (bicyclic) bond motifs is 1. The van der Waals surface area contributed by atoms with Gasteiger partial charge in [0.05, 0.1) is 20.0 Å². The summed E-state index contributed by atoms with van der Waals surface area (Å²) in [5.41, 5.74) is 0.766. The first-order chi connectivity index (χ1) is 10.6. The summed E-state index contributed by atoms with van der Waals surface area (Å²) in [5, 5.41) is 29.1. The van der Waals surface area contributed by atoms with Crippen molar-refractivity contribution in [2.75, 3.05) is 13.7 Å². The molecule has 2 aromatic rings. The minimum atomic E-state index is -1.22. The lowest BCUT2D eigenvalue weighted by Crippen LogP contribution is -2.33. The molecule has 0 aliphatic carbocycles. The zero-order chi connectivity index (χ0) is 15.9. The van der Waals surface area contributed by atoms with Crippen LogP contribution >= 0.6 is 0 Å². The fourth-order valence-electron chi connectivity index (χ4n) is 2.44. The summed E-state index contributed by atoms with van der Waals surface area (Å²) in [7, 11) is 1.46. The number of aliphatic hydroxyl groups is 3. The molecule has 4 atom stereocenters. The molecule has 0 bridgehead atoms. The molecule has 118 valence electrons. The molecule has 3 heterocycles. The molecule has 9 heteroatoms. The standard InChI is InChI=1S/C13H16N4O5/c1-3-7-15-11-8(12(16-7)21-2)14-5-17(11)13-10(20)9(19)6(4-18)22-13/h3,5-6,9-10,13,18-20H,1,4H2,2H3/t6-,9-,10-,13-/m1/s1. The summed E-state index contributed by atoms with van der Waals surface area (Å²) >= 11 is 0. The van der Waals surface area contributed by atoms with E-state index in [2.05, 4.69) is 21.5 Å². The van der Waals surface area contributed by atoms with Crippen molar-refractivity contribution in [1.82, 2.24) is 19.5 Å². The lowest BCUT2D eigenvalue weighted by Gasteiger charge is -2.16. The first-order valence-electron chi connectivity index (χ1n) is 6.64. The molecule has 22 heavy (non-hydrogen) atoms. The number of ether oxygens (including phenoxy) is 2. The summed E-state index contributed by atoms with van der Waals surface area (Å²) in [6, 6.07) is 0. The summed E-state index contributed by atoms with van der Waals surface area (Å²) < 4.78 is 12.1. The largest absolute Gasteiger partial charge is 0.479 e. The van der Waals surface area contributed by atoms with Crippen molar-refractivity contribution in [3.8, 4) is 5.88 Å². The second-order valence-electron chi connectivity index (χ2n) is 4.85. The second kappa shape index (κ2) is 5.61. The van der Waals surface area contributed by atoms with Crippen LogP contribution in [-0.2, 0) is 4.74 Å². The van der Waals surface area contributed by atoms with Gasteiger partial charge in [-0.25, -0.2) is 9.97 Å². The minimum Gasteiger partial charge on any atom is -0.479 e. The van der Waals surface area contributed by atoms with E-state index in [9.17, 15) is 10.2 Å². The number of imidazole rings is 1. The Morgan fingerprint density at radius 2 is 2.18 bits per heavy atom. The van der Waals surface area contributed by atoms with Crippen molar-refractivity contribution in [3.63, 3.8) is 0 Å². The molecule has 3 rings (SSSR count). The van der Waals surface area contributed by atoms with Crippen LogP contribution in [0.3, 0.4) is 0 Å². The lowest BCUT2D eigenvalue weighted by atomic mass is 10.1. The van der Waals surface area contributed by atoms with Crippen LogP contribution in [0.15, 0.2) is 12.9 Å². The normalized spacial score (nSPS) is 28.2. The van der Waals surface area contributed by atoms with E-state index in [-0.39, 0.29) is 5.88 Å². The quantitative estimate of drug-likeness (QED) is 0.663. The van der Waals surface area contributed by atoms with E-state index in [1.54, 1.807) is 0 Å². The highest BCUT2D eigenvalue weighted by Crippen LogP contribution is 2.32. The SMILES string of the molecule is C=Cc1nc(OC)c2ncn([C@@H]3O[C@H](CO)[C@@H](O)[C@H]3O)c2n1. The van der Waals surface area contributed by atoms with Crippen molar-refractivity contribution < 1.29 is 24.8 Å². The van der Waals surface area contributed by atoms with Gasteiger partial charge < -0.3 is 24.8 Å². The smallest absolute Gasteiger partial charge is 0.245 e. The van der Waals surface area contributed by atoms with Gasteiger partial charge in [-0.05, 0) is 6.08 Å². The molecule has 1 aliphatic heterocycles. The van der Waals surface area contributed by atoms with E-state index in [4.69, 9.17) is 14.6 Å². The number of rotatable bonds is 4. The second-order valence-corrected chi connectivity index (χ2v) is 4.85. The van der Waals surface area contributed by atoms with E-state index in [1.807, 2.05) is 0 Å². The van der Waals surface area contributed by atoms with Crippen molar-refractivity contribution >= 4 is 17.2 Å². The van der Waals surface area contributed by atoms with Gasteiger partial charge >= 0.3 is 0 Å². The fourth-order valence-corrected chi connectivity index (χ4v) is 2.44. The summed E-state index contributed by atoms with van der Waals surface area (Å²) in [6.07, 6.45) is -1.35. The molecule has 0 radical (unpaired) electrons. The molecule has 2 aromatic heterocycles. The number of methoxy groups -OCH3 is 1. The van der Waals surface area contributed by atoms with Crippen molar-refractivity contribution in [3.05, 3.63) is 18.7 Å². The molecule has 1 saturated heterocycles. The molecule has 1 aliphatic rings. The van der Waals surface area contributed by atoms with E-state index in [0.29, 0.717) is 17.0 Å². The maximum atomic E-state index is 10.1. The van der Waals surface area contributed by atoms with Crippen molar-refractivity contribution in [1.29, 1.82) is 0 Å². The molecule has 0 aromatic carbocycles. The predicted octanol–water partition coefficient (Wildman–Crippen LogP) is -0.911. The average molecular weight is 308 g/mol. The molecule has 3 N–H and O–H groups in total. The number of hydrogen-bond acceptors (Lipinski definition) is 8. The summed E-state index contributed by atoms with van der Waals surface area (Å²) in [6.45, 7) is 3.21. The van der Waals surface area contributed by atoms with E-state index in [1.165, 1.54) is 24.1 Å². The fraction of sp³-hybridized carbons (Fsp3) is 0.462. The van der Waals surface area contributed by atoms with Crippen LogP contribution in [0, 0.1) is 0 Å². The van der Waals surface area contributed by atoms with E-state index >= 15 is 0 Å². The highest BCUT2D eigenvalue weighted by atomic mass is 16.6. The summed E-state index contributed by atoms with van der Waals surface area (Å²) in [5.74, 6) is 0.600. The van der Waals surface area contributed by atoms with Gasteiger partial charge in [0.2, 0.25) is 5.88 Å². The monoisotopic (exact) mass is 308 g/mol. The first kappa shape index (κ1) is 14.9. The molecular weight excluding hydrogens is 292 g/mol. The van der Waals surface area contributed by atoms with Crippen LogP contribution in [0.5, 0.6) is 5.88 Å². The van der Waals surface area contributed by atoms with Gasteiger partial charge in [0.1, 0.15) is 18.3 Å². The maximum absolute atomic E-state index is 10.1. The van der Waals surface area contributed by atoms with Gasteiger partial charge in [0, 0.05) is 0 Å². The van der Waals surface area contributed by atoms with Gasteiger partial charge in [0.25, 0.3) is 0 Å². The third kappa shape index (κ3) is 2.15. The molecular formula is C13H16N4O5. The zero-order valence-corrected chi connectivity index (χ0v) is 11.8. The van der Waals surface area contributed by atoms with E-state index in [0.717, 1.165) is 0 Å². The van der Waals surface area contributed by atoms with Gasteiger partial charge in [0.15, 0.2) is 23.2 Å². The third-order valence-corrected chi connectivity index (χ3v) is 3.57. The van der Waals surface area contributed by atoms with Crippen LogP contribution in [-0.4, -0.2) is 66.9 Å². The molecule has 0 unspecified atom stereocenters. The molecule has 0 amide bonds. The Hall–Kier alpha value is -2.07. The predicted molar refractivity (Wildman–Crippen MR) is 75.0 cm³/mol. The minimum absolute atomic E-state index is 0.269.